The minimum absolute atomic E-state index is 0.545. The molecule has 0 aliphatic rings. The zero-order valence-electron chi connectivity index (χ0n) is 10.2. The predicted octanol–water partition coefficient (Wildman–Crippen LogP) is 3.79. The van der Waals surface area contributed by atoms with Gasteiger partial charge in [0, 0.05) is 23.0 Å². The first kappa shape index (κ1) is 13.4. The molecule has 2 N–H and O–H groups in total. The van der Waals surface area contributed by atoms with Crippen LogP contribution in [0.5, 0.6) is 0 Å². The molecule has 0 spiro atoms. The highest BCUT2D eigenvalue weighted by Crippen LogP contribution is 2.26. The molecule has 0 radical (unpaired) electrons. The lowest BCUT2D eigenvalue weighted by atomic mass is 10.2. The third-order valence-corrected chi connectivity index (χ3v) is 3.89. The Bertz CT molecular complexity index is 543. The van der Waals surface area contributed by atoms with Crippen molar-refractivity contribution in [1.82, 2.24) is 4.98 Å². The van der Waals surface area contributed by atoms with E-state index in [9.17, 15) is 0 Å². The van der Waals surface area contributed by atoms with Crippen LogP contribution in [0.2, 0.25) is 5.02 Å². The molecule has 0 saturated carbocycles. The Kier molecular flexibility index (Phi) is 4.64. The Morgan fingerprint density at radius 2 is 2.06 bits per heavy atom. The number of aryl methyl sites for hydroxylation is 1. The van der Waals surface area contributed by atoms with Gasteiger partial charge in [0.15, 0.2) is 0 Å². The molecule has 0 amide bonds. The van der Waals surface area contributed by atoms with Gasteiger partial charge < -0.3 is 5.73 Å². The summed E-state index contributed by atoms with van der Waals surface area (Å²) in [5.41, 5.74) is 8.90. The summed E-state index contributed by atoms with van der Waals surface area (Å²) >= 11 is 7.81. The topological polar surface area (TPSA) is 38.9 Å². The van der Waals surface area contributed by atoms with Crippen molar-refractivity contribution in [3.8, 4) is 0 Å². The zero-order chi connectivity index (χ0) is 13.0. The maximum atomic E-state index is 6.13. The Balaban J connectivity index is 2.11. The average Bonchev–Trinajstić information content (AvgIpc) is 2.37. The molecule has 4 heteroatoms. The van der Waals surface area contributed by atoms with E-state index in [1.807, 2.05) is 43.3 Å². The molecule has 0 bridgehead atoms. The van der Waals surface area contributed by atoms with E-state index in [1.54, 1.807) is 11.8 Å². The normalized spacial score (nSPS) is 10.6. The SMILES string of the molecule is Cc1cc(CN)cc(SCc2ccccc2Cl)n1. The van der Waals surface area contributed by atoms with Crippen LogP contribution < -0.4 is 5.73 Å². The van der Waals surface area contributed by atoms with Gasteiger partial charge in [-0.2, -0.15) is 0 Å². The number of pyridine rings is 1. The fourth-order valence-corrected chi connectivity index (χ4v) is 2.95. The van der Waals surface area contributed by atoms with Crippen molar-refractivity contribution in [3.05, 3.63) is 58.2 Å². The zero-order valence-corrected chi connectivity index (χ0v) is 11.8. The lowest BCUT2D eigenvalue weighted by Gasteiger charge is -2.06. The van der Waals surface area contributed by atoms with Gasteiger partial charge in [0.2, 0.25) is 0 Å². The third kappa shape index (κ3) is 3.48. The van der Waals surface area contributed by atoms with Crippen LogP contribution >= 0.6 is 23.4 Å². The van der Waals surface area contributed by atoms with Crippen molar-refractivity contribution < 1.29 is 0 Å². The fraction of sp³-hybridized carbons (Fsp3) is 0.214. The van der Waals surface area contributed by atoms with Gasteiger partial charge >= 0.3 is 0 Å². The van der Waals surface area contributed by atoms with Crippen molar-refractivity contribution in [2.24, 2.45) is 5.73 Å². The number of benzene rings is 1. The van der Waals surface area contributed by atoms with Gasteiger partial charge in [-0.15, -0.1) is 11.8 Å². The number of rotatable bonds is 4. The lowest BCUT2D eigenvalue weighted by Crippen LogP contribution is -1.98. The molecule has 0 atom stereocenters. The second-order valence-electron chi connectivity index (χ2n) is 4.04. The van der Waals surface area contributed by atoms with E-state index in [0.29, 0.717) is 6.54 Å². The van der Waals surface area contributed by atoms with Crippen molar-refractivity contribution in [1.29, 1.82) is 0 Å². The molecule has 1 aromatic carbocycles. The second kappa shape index (κ2) is 6.23. The first-order valence-corrected chi connectivity index (χ1v) is 7.09. The molecule has 1 aromatic heterocycles. The monoisotopic (exact) mass is 278 g/mol. The highest BCUT2D eigenvalue weighted by atomic mass is 35.5. The van der Waals surface area contributed by atoms with E-state index in [4.69, 9.17) is 17.3 Å². The predicted molar refractivity (Wildman–Crippen MR) is 77.9 cm³/mol. The maximum absolute atomic E-state index is 6.13. The van der Waals surface area contributed by atoms with Gasteiger partial charge in [-0.3, -0.25) is 0 Å². The summed E-state index contributed by atoms with van der Waals surface area (Å²) in [6.07, 6.45) is 0. The molecule has 0 aliphatic carbocycles. The van der Waals surface area contributed by atoms with Crippen LogP contribution in [-0.2, 0) is 12.3 Å². The molecule has 94 valence electrons. The number of aromatic nitrogens is 1. The van der Waals surface area contributed by atoms with Gasteiger partial charge in [-0.05, 0) is 36.2 Å². The van der Waals surface area contributed by atoms with E-state index in [0.717, 1.165) is 32.6 Å². The Labute approximate surface area is 117 Å². The first-order chi connectivity index (χ1) is 8.69. The quantitative estimate of drug-likeness (QED) is 0.865. The molecule has 0 fully saturated rings. The minimum atomic E-state index is 0.545. The van der Waals surface area contributed by atoms with E-state index < -0.39 is 0 Å². The summed E-state index contributed by atoms with van der Waals surface area (Å²) in [6, 6.07) is 11.9. The first-order valence-electron chi connectivity index (χ1n) is 5.73. The van der Waals surface area contributed by atoms with E-state index >= 15 is 0 Å². The molecule has 2 nitrogen and oxygen atoms in total. The van der Waals surface area contributed by atoms with Crippen LogP contribution in [0.4, 0.5) is 0 Å². The number of nitrogens with two attached hydrogens (primary N) is 1. The molecule has 0 aliphatic heterocycles. The van der Waals surface area contributed by atoms with Crippen LogP contribution in [-0.4, -0.2) is 4.98 Å². The van der Waals surface area contributed by atoms with Crippen LogP contribution in [0, 0.1) is 6.92 Å². The largest absolute Gasteiger partial charge is 0.326 e. The highest BCUT2D eigenvalue weighted by Gasteiger charge is 2.03. The molecule has 0 unspecified atom stereocenters. The van der Waals surface area contributed by atoms with Crippen molar-refractivity contribution in [3.63, 3.8) is 0 Å². The van der Waals surface area contributed by atoms with Crippen LogP contribution in [0.1, 0.15) is 16.8 Å². The minimum Gasteiger partial charge on any atom is -0.326 e. The summed E-state index contributed by atoms with van der Waals surface area (Å²) in [5.74, 6) is 0.820. The van der Waals surface area contributed by atoms with E-state index in [-0.39, 0.29) is 0 Å². The highest BCUT2D eigenvalue weighted by molar-refractivity contribution is 7.98. The number of hydrogen-bond acceptors (Lipinski definition) is 3. The van der Waals surface area contributed by atoms with Gasteiger partial charge in [0.1, 0.15) is 0 Å². The van der Waals surface area contributed by atoms with Crippen molar-refractivity contribution in [2.75, 3.05) is 0 Å². The summed E-state index contributed by atoms with van der Waals surface area (Å²) in [7, 11) is 0. The van der Waals surface area contributed by atoms with Crippen LogP contribution in [0.3, 0.4) is 0 Å². The summed E-state index contributed by atoms with van der Waals surface area (Å²) in [5, 5.41) is 1.80. The molecular weight excluding hydrogens is 264 g/mol. The second-order valence-corrected chi connectivity index (χ2v) is 5.44. The molecule has 0 saturated heterocycles. The molecule has 2 aromatic rings. The molecule has 1 heterocycles. The number of hydrogen-bond donors (Lipinski definition) is 1. The van der Waals surface area contributed by atoms with E-state index in [1.165, 1.54) is 0 Å². The molecule has 2 rings (SSSR count). The number of halogens is 1. The third-order valence-electron chi connectivity index (χ3n) is 2.56. The molecular formula is C14H15ClN2S. The Morgan fingerprint density at radius 3 is 2.78 bits per heavy atom. The Hall–Kier alpha value is -1.03. The fourth-order valence-electron chi connectivity index (χ4n) is 1.67. The average molecular weight is 279 g/mol. The van der Waals surface area contributed by atoms with Crippen LogP contribution in [0.15, 0.2) is 41.4 Å². The Morgan fingerprint density at radius 1 is 1.28 bits per heavy atom. The van der Waals surface area contributed by atoms with Gasteiger partial charge in [-0.25, -0.2) is 4.98 Å². The number of nitrogens with zero attached hydrogens (tertiary/aromatic N) is 1. The lowest BCUT2D eigenvalue weighted by molar-refractivity contribution is 0.986. The number of thioether (sulfide) groups is 1. The van der Waals surface area contributed by atoms with Gasteiger partial charge in [0.05, 0.1) is 5.03 Å². The van der Waals surface area contributed by atoms with Gasteiger partial charge in [-0.1, -0.05) is 29.8 Å². The van der Waals surface area contributed by atoms with Crippen LogP contribution in [0.25, 0.3) is 0 Å². The maximum Gasteiger partial charge on any atom is 0.0969 e. The smallest absolute Gasteiger partial charge is 0.0969 e. The van der Waals surface area contributed by atoms with Crippen molar-refractivity contribution in [2.45, 2.75) is 24.2 Å². The summed E-state index contributed by atoms with van der Waals surface area (Å²) in [4.78, 5) is 4.49. The van der Waals surface area contributed by atoms with Gasteiger partial charge in [0.25, 0.3) is 0 Å². The summed E-state index contributed by atoms with van der Waals surface area (Å²) < 4.78 is 0. The molecule has 18 heavy (non-hydrogen) atoms. The summed E-state index contributed by atoms with van der Waals surface area (Å²) in [6.45, 7) is 2.53. The van der Waals surface area contributed by atoms with Crippen molar-refractivity contribution >= 4 is 23.4 Å². The standard InChI is InChI=1S/C14H15ClN2S/c1-10-6-11(8-16)7-14(17-10)18-9-12-4-2-3-5-13(12)15/h2-7H,8-9,16H2,1H3. The van der Waals surface area contributed by atoms with E-state index in [2.05, 4.69) is 4.98 Å².